The van der Waals surface area contributed by atoms with Crippen molar-refractivity contribution in [3.8, 4) is 0 Å². The molecule has 2 saturated carbocycles. The van der Waals surface area contributed by atoms with Gasteiger partial charge in [0.1, 0.15) is 12.1 Å². The second kappa shape index (κ2) is 17.0. The number of Topliss-reactive ketones (excluding diaryl/α,β-unsaturated/α-hetero) is 1. The highest BCUT2D eigenvalue weighted by Gasteiger charge is 2.49. The van der Waals surface area contributed by atoms with Gasteiger partial charge in [0.2, 0.25) is 17.6 Å². The van der Waals surface area contributed by atoms with Crippen LogP contribution in [0.2, 0.25) is 0 Å². The van der Waals surface area contributed by atoms with Crippen LogP contribution in [0.25, 0.3) is 0 Å². The second-order valence-electron chi connectivity index (χ2n) is 17.5. The topological polar surface area (TPSA) is 171 Å². The Hall–Kier alpha value is -3.74. The van der Waals surface area contributed by atoms with Crippen LogP contribution in [0.3, 0.4) is 0 Å². The summed E-state index contributed by atoms with van der Waals surface area (Å²) in [4.78, 5) is 71.0. The van der Waals surface area contributed by atoms with E-state index in [-0.39, 0.29) is 48.4 Å². The number of hydrogen-bond donors (Lipinski definition) is 4. The molecule has 4 atom stereocenters. The van der Waals surface area contributed by atoms with Gasteiger partial charge in [-0.3, -0.25) is 19.2 Å². The highest BCUT2D eigenvalue weighted by Crippen LogP contribution is 2.37. The zero-order chi connectivity index (χ0) is 39.4. The number of fused-ring (bicyclic) bond motifs is 1. The van der Waals surface area contributed by atoms with Gasteiger partial charge in [-0.05, 0) is 94.1 Å². The molecule has 5 rings (SSSR count). The van der Waals surface area contributed by atoms with Gasteiger partial charge in [-0.1, -0.05) is 76.3 Å². The molecule has 0 bridgehead atoms. The number of ketones is 1. The Bertz CT molecular complexity index is 1670. The Morgan fingerprint density at radius 2 is 1.59 bits per heavy atom. The minimum Gasteiger partial charge on any atom is -0.346 e. The van der Waals surface area contributed by atoms with Gasteiger partial charge in [-0.25, -0.2) is 13.2 Å². The molecule has 0 spiro atoms. The monoisotopic (exact) mass is 767 g/mol. The van der Waals surface area contributed by atoms with E-state index in [0.717, 1.165) is 43.2 Å². The number of benzene rings is 1. The van der Waals surface area contributed by atoms with Crippen LogP contribution in [-0.2, 0) is 41.9 Å². The predicted molar refractivity (Wildman–Crippen MR) is 208 cm³/mol. The number of nitrogens with zero attached hydrogens (tertiary/aromatic N) is 1. The summed E-state index contributed by atoms with van der Waals surface area (Å²) in [6, 6.07) is 4.39. The van der Waals surface area contributed by atoms with E-state index in [0.29, 0.717) is 38.5 Å². The first kappa shape index (κ1) is 41.4. The molecule has 1 heterocycles. The van der Waals surface area contributed by atoms with Gasteiger partial charge in [-0.2, -0.15) is 0 Å². The Labute approximate surface area is 321 Å². The number of likely N-dealkylation sites (tertiary alicyclic amines) is 1. The van der Waals surface area contributed by atoms with Gasteiger partial charge < -0.3 is 26.2 Å². The number of rotatable bonds is 15. The van der Waals surface area contributed by atoms with Crippen LogP contribution in [0, 0.1) is 23.7 Å². The van der Waals surface area contributed by atoms with Gasteiger partial charge in [0.25, 0.3) is 5.91 Å². The number of urea groups is 1. The third-order valence-electron chi connectivity index (χ3n) is 12.1. The average molecular weight is 768 g/mol. The van der Waals surface area contributed by atoms with Crippen molar-refractivity contribution in [2.75, 3.05) is 18.8 Å². The molecule has 298 valence electrons. The first-order valence-electron chi connectivity index (χ1n) is 19.9. The summed E-state index contributed by atoms with van der Waals surface area (Å²) in [5.74, 6) is -2.85. The van der Waals surface area contributed by atoms with E-state index in [1.54, 1.807) is 25.7 Å². The summed E-state index contributed by atoms with van der Waals surface area (Å²) < 4.78 is 26.0. The lowest BCUT2D eigenvalue weighted by Gasteiger charge is -2.40. The van der Waals surface area contributed by atoms with Crippen molar-refractivity contribution in [2.24, 2.45) is 23.7 Å². The zero-order valence-corrected chi connectivity index (χ0v) is 33.6. The summed E-state index contributed by atoms with van der Waals surface area (Å²) in [7, 11) is -3.59. The largest absolute Gasteiger partial charge is 0.346 e. The average Bonchev–Trinajstić information content (AvgIpc) is 3.63. The van der Waals surface area contributed by atoms with E-state index in [1.807, 2.05) is 38.1 Å². The molecule has 1 aromatic rings. The quantitative estimate of drug-likeness (QED) is 0.154. The number of sulfone groups is 1. The molecule has 4 aliphatic rings. The van der Waals surface area contributed by atoms with Gasteiger partial charge >= 0.3 is 6.03 Å². The van der Waals surface area contributed by atoms with E-state index in [2.05, 4.69) is 27.8 Å². The third kappa shape index (κ3) is 9.73. The van der Waals surface area contributed by atoms with E-state index in [1.165, 1.54) is 6.08 Å². The number of carbonyl (C=O) groups excluding carboxylic acids is 5. The Kier molecular flexibility index (Phi) is 13.0. The lowest BCUT2D eigenvalue weighted by atomic mass is 9.83. The smallest absolute Gasteiger partial charge is 0.315 e. The Balaban J connectivity index is 1.42. The fraction of sp³-hybridized carbons (Fsp3) is 0.683. The van der Waals surface area contributed by atoms with Crippen molar-refractivity contribution in [2.45, 2.75) is 134 Å². The molecular formula is C41H61N5O7S. The molecule has 1 aromatic carbocycles. The molecule has 12 nitrogen and oxygen atoms in total. The first-order valence-corrected chi connectivity index (χ1v) is 21.5. The van der Waals surface area contributed by atoms with Crippen LogP contribution in [-0.4, -0.2) is 90.1 Å². The second-order valence-corrected chi connectivity index (χ2v) is 20.2. The first-order chi connectivity index (χ1) is 25.4. The van der Waals surface area contributed by atoms with Crippen LogP contribution in [0.15, 0.2) is 36.9 Å². The summed E-state index contributed by atoms with van der Waals surface area (Å²) in [6.45, 7) is 13.0. The SMILES string of the molecule is C=CCNC(=O)C(=O)C(CC1CC1)NC(=O)[C@@H]1[C@@H](C(C)C)CCN1C(=O)[C@@H](NC(=O)NC1(CS(=O)(=O)C(C)(C)C)CCCCC1)C1Cc2ccccc2C1. The van der Waals surface area contributed by atoms with E-state index in [9.17, 15) is 32.4 Å². The number of hydrogen-bond acceptors (Lipinski definition) is 7. The molecule has 4 N–H and O–H groups in total. The summed E-state index contributed by atoms with van der Waals surface area (Å²) >= 11 is 0. The fourth-order valence-corrected chi connectivity index (χ4v) is 10.1. The van der Waals surface area contributed by atoms with Crippen LogP contribution in [0.4, 0.5) is 4.79 Å². The normalized spacial score (nSPS) is 22.5. The number of carbonyl (C=O) groups is 5. The molecule has 13 heteroatoms. The lowest BCUT2D eigenvalue weighted by Crippen LogP contribution is -2.63. The molecular weight excluding hydrogens is 707 g/mol. The molecule has 0 aromatic heterocycles. The zero-order valence-electron chi connectivity index (χ0n) is 32.7. The molecule has 0 radical (unpaired) electrons. The molecule has 5 amide bonds. The minimum absolute atomic E-state index is 0.0217. The van der Waals surface area contributed by atoms with E-state index in [4.69, 9.17) is 0 Å². The van der Waals surface area contributed by atoms with Gasteiger partial charge in [0, 0.05) is 13.1 Å². The highest BCUT2D eigenvalue weighted by atomic mass is 32.2. The number of nitrogens with one attached hydrogen (secondary N) is 4. The van der Waals surface area contributed by atoms with Crippen molar-refractivity contribution >= 4 is 39.4 Å². The third-order valence-corrected chi connectivity index (χ3v) is 14.9. The lowest BCUT2D eigenvalue weighted by molar-refractivity contribution is -0.144. The number of amides is 5. The van der Waals surface area contributed by atoms with Crippen molar-refractivity contribution in [1.29, 1.82) is 0 Å². The maximum atomic E-state index is 14.9. The highest BCUT2D eigenvalue weighted by molar-refractivity contribution is 7.92. The van der Waals surface area contributed by atoms with Crippen molar-refractivity contribution in [3.63, 3.8) is 0 Å². The van der Waals surface area contributed by atoms with Crippen molar-refractivity contribution < 1.29 is 32.4 Å². The minimum atomic E-state index is -3.59. The van der Waals surface area contributed by atoms with Crippen LogP contribution in [0.1, 0.15) is 104 Å². The van der Waals surface area contributed by atoms with Gasteiger partial charge in [-0.15, -0.1) is 6.58 Å². The molecule has 3 fully saturated rings. The summed E-state index contributed by atoms with van der Waals surface area (Å²) in [5.41, 5.74) is 1.21. The standard InChI is InChI=1S/C41H61N5O7S/c1-7-20-42-37(49)35(47)32(22-27-15-16-27)43-36(48)34-31(26(2)3)17-21-46(34)38(50)33(30-23-28-13-9-10-14-29(28)24-30)44-39(51)45-41(18-11-8-12-19-41)25-54(52,53)40(4,5)6/h7,9-10,13-14,26-27,30-34H,1,8,11-12,15-25H2,2-6H3,(H,42,49)(H,43,48)(H2,44,45,51)/t31-,32?,33+,34+/m1/s1. The predicted octanol–water partition coefficient (Wildman–Crippen LogP) is 4.01. The maximum absolute atomic E-state index is 14.9. The Morgan fingerprint density at radius 3 is 2.15 bits per heavy atom. The maximum Gasteiger partial charge on any atom is 0.315 e. The summed E-state index contributed by atoms with van der Waals surface area (Å²) in [6.07, 6.45) is 8.84. The van der Waals surface area contributed by atoms with Gasteiger partial charge in [0.15, 0.2) is 9.84 Å². The summed E-state index contributed by atoms with van der Waals surface area (Å²) in [5, 5.41) is 11.5. The molecule has 1 aliphatic heterocycles. The van der Waals surface area contributed by atoms with E-state index >= 15 is 0 Å². The van der Waals surface area contributed by atoms with Crippen LogP contribution in [0.5, 0.6) is 0 Å². The molecule has 1 unspecified atom stereocenters. The van der Waals surface area contributed by atoms with Crippen LogP contribution >= 0.6 is 0 Å². The van der Waals surface area contributed by atoms with Crippen molar-refractivity contribution in [1.82, 2.24) is 26.2 Å². The van der Waals surface area contributed by atoms with Crippen molar-refractivity contribution in [3.05, 3.63) is 48.0 Å². The molecule has 1 saturated heterocycles. The fourth-order valence-electron chi connectivity index (χ4n) is 8.60. The Morgan fingerprint density at radius 1 is 0.963 bits per heavy atom. The molecule has 54 heavy (non-hydrogen) atoms. The van der Waals surface area contributed by atoms with E-state index < -0.39 is 61.9 Å². The molecule has 3 aliphatic carbocycles. The van der Waals surface area contributed by atoms with Gasteiger partial charge in [0.05, 0.1) is 22.1 Å². The van der Waals surface area contributed by atoms with Crippen LogP contribution < -0.4 is 21.3 Å².